The SMILES string of the molecule is CC(C)C(c1nc(-c2cccc(Cl)c2)cn1Cc1ccccc1)N(CCCN)C(=O)C1CCOC1. The maximum Gasteiger partial charge on any atom is 0.228 e. The summed E-state index contributed by atoms with van der Waals surface area (Å²) in [6.07, 6.45) is 3.58. The summed E-state index contributed by atoms with van der Waals surface area (Å²) in [7, 11) is 0. The second-order valence-corrected chi connectivity index (χ2v) is 9.97. The van der Waals surface area contributed by atoms with Crippen LogP contribution in [0, 0.1) is 11.8 Å². The van der Waals surface area contributed by atoms with Gasteiger partial charge < -0.3 is 19.9 Å². The van der Waals surface area contributed by atoms with Crippen LogP contribution in [-0.4, -0.2) is 46.7 Å². The maximum absolute atomic E-state index is 13.7. The van der Waals surface area contributed by atoms with Crippen LogP contribution in [0.25, 0.3) is 11.3 Å². The lowest BCUT2D eigenvalue weighted by Crippen LogP contribution is -2.43. The van der Waals surface area contributed by atoms with E-state index in [0.29, 0.717) is 37.9 Å². The van der Waals surface area contributed by atoms with Crippen LogP contribution in [0.1, 0.15) is 44.1 Å². The molecule has 6 nitrogen and oxygen atoms in total. The van der Waals surface area contributed by atoms with Crippen molar-refractivity contribution in [2.24, 2.45) is 17.6 Å². The fourth-order valence-electron chi connectivity index (χ4n) is 4.77. The number of hydrogen-bond donors (Lipinski definition) is 1. The van der Waals surface area contributed by atoms with E-state index in [0.717, 1.165) is 29.9 Å². The van der Waals surface area contributed by atoms with Crippen molar-refractivity contribution < 1.29 is 9.53 Å². The lowest BCUT2D eigenvalue weighted by molar-refractivity contribution is -0.139. The summed E-state index contributed by atoms with van der Waals surface area (Å²) in [5.74, 6) is 1.05. The van der Waals surface area contributed by atoms with E-state index in [9.17, 15) is 4.79 Å². The molecule has 0 bridgehead atoms. The summed E-state index contributed by atoms with van der Waals surface area (Å²) >= 11 is 6.29. The Hall–Kier alpha value is -2.67. The Morgan fingerprint density at radius 1 is 1.23 bits per heavy atom. The molecule has 0 radical (unpaired) electrons. The van der Waals surface area contributed by atoms with Crippen molar-refractivity contribution in [2.75, 3.05) is 26.3 Å². The third-order valence-electron chi connectivity index (χ3n) is 6.52. The molecule has 1 aliphatic heterocycles. The molecule has 2 aromatic carbocycles. The maximum atomic E-state index is 13.7. The molecule has 1 saturated heterocycles. The number of nitrogens with two attached hydrogens (primary N) is 1. The van der Waals surface area contributed by atoms with Crippen LogP contribution in [0.15, 0.2) is 60.8 Å². The molecule has 35 heavy (non-hydrogen) atoms. The Labute approximate surface area is 213 Å². The van der Waals surface area contributed by atoms with Crippen LogP contribution in [-0.2, 0) is 16.1 Å². The zero-order valence-corrected chi connectivity index (χ0v) is 21.3. The minimum atomic E-state index is -0.189. The number of nitrogens with zero attached hydrogens (tertiary/aromatic N) is 3. The van der Waals surface area contributed by atoms with Gasteiger partial charge in [0, 0.05) is 36.5 Å². The zero-order chi connectivity index (χ0) is 24.8. The third kappa shape index (κ3) is 6.13. The van der Waals surface area contributed by atoms with Crippen molar-refractivity contribution in [1.82, 2.24) is 14.5 Å². The molecule has 0 spiro atoms. The van der Waals surface area contributed by atoms with Crippen LogP contribution < -0.4 is 5.73 Å². The molecule has 1 amide bonds. The second-order valence-electron chi connectivity index (χ2n) is 9.53. The van der Waals surface area contributed by atoms with E-state index in [1.54, 1.807) is 0 Å². The number of amides is 1. The Balaban J connectivity index is 1.79. The Kier molecular flexibility index (Phi) is 8.60. The molecule has 186 valence electrons. The molecule has 2 N–H and O–H groups in total. The highest BCUT2D eigenvalue weighted by molar-refractivity contribution is 6.30. The van der Waals surface area contributed by atoms with Gasteiger partial charge in [-0.05, 0) is 43.0 Å². The number of carbonyl (C=O) groups is 1. The fourth-order valence-corrected chi connectivity index (χ4v) is 4.96. The highest BCUT2D eigenvalue weighted by atomic mass is 35.5. The van der Waals surface area contributed by atoms with Crippen molar-refractivity contribution in [1.29, 1.82) is 0 Å². The normalized spacial score (nSPS) is 16.5. The number of benzene rings is 2. The number of aromatic nitrogens is 2. The largest absolute Gasteiger partial charge is 0.381 e. The van der Waals surface area contributed by atoms with Gasteiger partial charge in [0.1, 0.15) is 5.82 Å². The highest BCUT2D eigenvalue weighted by Gasteiger charge is 2.36. The number of carbonyl (C=O) groups excluding carboxylic acids is 1. The van der Waals surface area contributed by atoms with E-state index in [-0.39, 0.29) is 23.8 Å². The zero-order valence-electron chi connectivity index (χ0n) is 20.6. The molecular formula is C28H35ClN4O2. The van der Waals surface area contributed by atoms with Crippen LogP contribution >= 0.6 is 11.6 Å². The summed E-state index contributed by atoms with van der Waals surface area (Å²) in [5, 5.41) is 0.669. The Bertz CT molecular complexity index is 1110. The summed E-state index contributed by atoms with van der Waals surface area (Å²) in [4.78, 5) is 20.8. The van der Waals surface area contributed by atoms with Gasteiger partial charge in [0.25, 0.3) is 0 Å². The van der Waals surface area contributed by atoms with E-state index < -0.39 is 0 Å². The van der Waals surface area contributed by atoms with E-state index in [1.165, 1.54) is 5.56 Å². The van der Waals surface area contributed by atoms with Gasteiger partial charge >= 0.3 is 0 Å². The number of halogens is 1. The van der Waals surface area contributed by atoms with E-state index >= 15 is 0 Å². The predicted molar refractivity (Wildman–Crippen MR) is 140 cm³/mol. The Morgan fingerprint density at radius 3 is 2.69 bits per heavy atom. The van der Waals surface area contributed by atoms with Crippen LogP contribution in [0.5, 0.6) is 0 Å². The number of hydrogen-bond acceptors (Lipinski definition) is 4. The van der Waals surface area contributed by atoms with Gasteiger partial charge in [0.05, 0.1) is 24.3 Å². The minimum Gasteiger partial charge on any atom is -0.381 e. The first-order valence-corrected chi connectivity index (χ1v) is 12.8. The summed E-state index contributed by atoms with van der Waals surface area (Å²) in [6, 6.07) is 17.9. The van der Waals surface area contributed by atoms with Gasteiger partial charge in [-0.1, -0.05) is 67.9 Å². The van der Waals surface area contributed by atoms with Gasteiger partial charge in [0.15, 0.2) is 0 Å². The molecule has 2 atom stereocenters. The average Bonchev–Trinajstić information content (AvgIpc) is 3.53. The predicted octanol–water partition coefficient (Wildman–Crippen LogP) is 5.16. The topological polar surface area (TPSA) is 73.4 Å². The molecule has 1 fully saturated rings. The number of imidazole rings is 1. The van der Waals surface area contributed by atoms with Crippen LogP contribution in [0.4, 0.5) is 0 Å². The molecule has 7 heteroatoms. The molecule has 1 aliphatic rings. The van der Waals surface area contributed by atoms with E-state index in [1.807, 2.05) is 47.4 Å². The first-order valence-electron chi connectivity index (χ1n) is 12.4. The van der Waals surface area contributed by atoms with Crippen LogP contribution in [0.3, 0.4) is 0 Å². The fraction of sp³-hybridized carbons (Fsp3) is 0.429. The van der Waals surface area contributed by atoms with Gasteiger partial charge in [-0.25, -0.2) is 4.98 Å². The standard InChI is InChI=1S/C28H35ClN4O2/c1-20(2)26(33(14-7-13-30)28(34)23-12-15-35-19-23)27-31-25(22-10-6-11-24(29)16-22)18-32(27)17-21-8-4-3-5-9-21/h3-6,8-11,16,18,20,23,26H,7,12-15,17,19,30H2,1-2H3. The second kappa shape index (κ2) is 11.8. The van der Waals surface area contributed by atoms with E-state index in [4.69, 9.17) is 27.1 Å². The number of ether oxygens (including phenoxy) is 1. The van der Waals surface area contributed by atoms with Gasteiger partial charge in [-0.2, -0.15) is 0 Å². The first-order chi connectivity index (χ1) is 17.0. The molecule has 4 rings (SSSR count). The summed E-state index contributed by atoms with van der Waals surface area (Å²) < 4.78 is 7.73. The summed E-state index contributed by atoms with van der Waals surface area (Å²) in [6.45, 7) is 7.21. The van der Waals surface area contributed by atoms with Gasteiger partial charge in [-0.15, -0.1) is 0 Å². The molecule has 0 saturated carbocycles. The highest BCUT2D eigenvalue weighted by Crippen LogP contribution is 2.34. The van der Waals surface area contributed by atoms with Crippen molar-refractivity contribution in [2.45, 2.75) is 39.3 Å². The molecule has 1 aromatic heterocycles. The smallest absolute Gasteiger partial charge is 0.228 e. The third-order valence-corrected chi connectivity index (χ3v) is 6.76. The molecule has 2 unspecified atom stereocenters. The molecule has 3 aromatic rings. The monoisotopic (exact) mass is 494 g/mol. The van der Waals surface area contributed by atoms with Gasteiger partial charge in [0.2, 0.25) is 5.91 Å². The molecule has 0 aliphatic carbocycles. The van der Waals surface area contributed by atoms with Crippen molar-refractivity contribution >= 4 is 17.5 Å². The Morgan fingerprint density at radius 2 is 2.03 bits per heavy atom. The summed E-state index contributed by atoms with van der Waals surface area (Å²) in [5.41, 5.74) is 8.85. The van der Waals surface area contributed by atoms with E-state index in [2.05, 4.69) is 36.7 Å². The quantitative estimate of drug-likeness (QED) is 0.422. The van der Waals surface area contributed by atoms with Crippen molar-refractivity contribution in [3.63, 3.8) is 0 Å². The lowest BCUT2D eigenvalue weighted by atomic mass is 9.98. The van der Waals surface area contributed by atoms with Crippen LogP contribution in [0.2, 0.25) is 5.02 Å². The molecule has 2 heterocycles. The average molecular weight is 495 g/mol. The minimum absolute atomic E-state index is 0.112. The van der Waals surface area contributed by atoms with Gasteiger partial charge in [-0.3, -0.25) is 4.79 Å². The lowest BCUT2D eigenvalue weighted by Gasteiger charge is -2.36. The van der Waals surface area contributed by atoms with Crippen molar-refractivity contribution in [3.8, 4) is 11.3 Å². The van der Waals surface area contributed by atoms with Crippen molar-refractivity contribution in [3.05, 3.63) is 77.2 Å². The molecular weight excluding hydrogens is 460 g/mol. The number of rotatable bonds is 10. The first kappa shape index (κ1) is 25.4.